The fourth-order valence-electron chi connectivity index (χ4n) is 1.91. The lowest BCUT2D eigenvalue weighted by Gasteiger charge is -2.26. The number of hydrogen-bond acceptors (Lipinski definition) is 2. The molecule has 1 aromatic rings. The summed E-state index contributed by atoms with van der Waals surface area (Å²) in [5.74, 6) is 0. The largest absolute Gasteiger partial charge is 0.388 e. The van der Waals surface area contributed by atoms with Crippen molar-refractivity contribution >= 4 is 0 Å². The molecule has 0 saturated heterocycles. The van der Waals surface area contributed by atoms with Gasteiger partial charge in [-0.1, -0.05) is 29.4 Å². The monoisotopic (exact) mass is 189 g/mol. The lowest BCUT2D eigenvalue weighted by atomic mass is 9.86. The van der Waals surface area contributed by atoms with Gasteiger partial charge in [-0.05, 0) is 29.5 Å². The third-order valence-electron chi connectivity index (χ3n) is 2.65. The second kappa shape index (κ2) is 3.70. The van der Waals surface area contributed by atoms with Gasteiger partial charge in [0, 0.05) is 4.91 Å². The summed E-state index contributed by atoms with van der Waals surface area (Å²) in [5, 5.41) is 13.5. The maximum absolute atomic E-state index is 9.89. The molecule has 1 N–H and O–H groups in total. The predicted molar refractivity (Wildman–Crippen MR) is 52.7 cm³/mol. The van der Waals surface area contributed by atoms with E-state index < -0.39 is 6.10 Å². The summed E-state index contributed by atoms with van der Waals surface area (Å²) in [6.07, 6.45) is 0.954. The summed E-state index contributed by atoms with van der Waals surface area (Å²) in [6.45, 7) is 0. The summed E-state index contributed by atoms with van der Waals surface area (Å²) < 4.78 is 0. The maximum atomic E-state index is 9.89. The first-order valence-corrected chi connectivity index (χ1v) is 4.63. The molecule has 4 heteroatoms. The second-order valence-electron chi connectivity index (χ2n) is 3.45. The van der Waals surface area contributed by atoms with Crippen molar-refractivity contribution in [2.24, 2.45) is 5.11 Å². The van der Waals surface area contributed by atoms with Gasteiger partial charge in [0.25, 0.3) is 0 Å². The molecule has 2 atom stereocenters. The maximum Gasteiger partial charge on any atom is 0.0877 e. The van der Waals surface area contributed by atoms with Crippen LogP contribution in [0.1, 0.15) is 23.7 Å². The molecular formula is C10H11N3O. The molecule has 0 fully saturated rings. The Morgan fingerprint density at radius 3 is 3.00 bits per heavy atom. The van der Waals surface area contributed by atoms with Gasteiger partial charge in [0.1, 0.15) is 0 Å². The lowest BCUT2D eigenvalue weighted by molar-refractivity contribution is 0.134. The molecule has 0 aromatic heterocycles. The first kappa shape index (κ1) is 9.06. The Hall–Kier alpha value is -1.51. The topological polar surface area (TPSA) is 69.0 Å². The predicted octanol–water partition coefficient (Wildman–Crippen LogP) is 2.35. The van der Waals surface area contributed by atoms with Crippen molar-refractivity contribution < 1.29 is 5.11 Å². The van der Waals surface area contributed by atoms with Crippen LogP contribution in [-0.2, 0) is 6.42 Å². The van der Waals surface area contributed by atoms with Gasteiger partial charge in [0.05, 0.1) is 12.1 Å². The van der Waals surface area contributed by atoms with Gasteiger partial charge in [-0.15, -0.1) is 0 Å². The van der Waals surface area contributed by atoms with E-state index in [1.807, 2.05) is 24.3 Å². The SMILES string of the molecule is [N-]=[N+]=N[C@@H]1CCc2ccccc2[C@@H]1O. The van der Waals surface area contributed by atoms with Gasteiger partial charge in [0.15, 0.2) is 0 Å². The molecule has 0 aliphatic heterocycles. The number of aryl methyl sites for hydroxylation is 1. The minimum atomic E-state index is -0.643. The number of hydrogen-bond donors (Lipinski definition) is 1. The first-order valence-electron chi connectivity index (χ1n) is 4.63. The lowest BCUT2D eigenvalue weighted by Crippen LogP contribution is -2.23. The van der Waals surface area contributed by atoms with Crippen molar-refractivity contribution in [1.29, 1.82) is 0 Å². The minimum absolute atomic E-state index is 0.310. The number of aliphatic hydroxyl groups is 1. The number of azide groups is 1. The van der Waals surface area contributed by atoms with Gasteiger partial charge >= 0.3 is 0 Å². The molecule has 0 amide bonds. The van der Waals surface area contributed by atoms with E-state index in [1.54, 1.807) is 0 Å². The zero-order valence-corrected chi connectivity index (χ0v) is 7.67. The third-order valence-corrected chi connectivity index (χ3v) is 2.65. The molecule has 0 saturated carbocycles. The van der Waals surface area contributed by atoms with Crippen LogP contribution in [0.3, 0.4) is 0 Å². The standard InChI is InChI=1S/C10H11N3O/c11-13-12-9-6-5-7-3-1-2-4-8(7)10(9)14/h1-4,9-10,14H,5-6H2/t9-,10+/m1/s1. The molecule has 72 valence electrons. The van der Waals surface area contributed by atoms with Crippen molar-refractivity contribution in [3.8, 4) is 0 Å². The van der Waals surface area contributed by atoms with Crippen LogP contribution in [0.2, 0.25) is 0 Å². The number of rotatable bonds is 1. The molecule has 0 spiro atoms. The summed E-state index contributed by atoms with van der Waals surface area (Å²) >= 11 is 0. The van der Waals surface area contributed by atoms with Crippen molar-refractivity contribution in [3.05, 3.63) is 45.8 Å². The molecular weight excluding hydrogens is 178 g/mol. The highest BCUT2D eigenvalue weighted by Gasteiger charge is 2.26. The average molecular weight is 189 g/mol. The van der Waals surface area contributed by atoms with E-state index in [9.17, 15) is 5.11 Å². The fourth-order valence-corrected chi connectivity index (χ4v) is 1.91. The first-order chi connectivity index (χ1) is 6.83. The Balaban J connectivity index is 2.35. The highest BCUT2D eigenvalue weighted by Crippen LogP contribution is 2.31. The van der Waals surface area contributed by atoms with Gasteiger partial charge in [-0.2, -0.15) is 0 Å². The molecule has 0 heterocycles. The van der Waals surface area contributed by atoms with Crippen molar-refractivity contribution in [1.82, 2.24) is 0 Å². The van der Waals surface area contributed by atoms with Crippen LogP contribution in [0.15, 0.2) is 29.4 Å². The van der Waals surface area contributed by atoms with Crippen molar-refractivity contribution in [3.63, 3.8) is 0 Å². The Kier molecular flexibility index (Phi) is 2.39. The Morgan fingerprint density at radius 2 is 2.21 bits per heavy atom. The minimum Gasteiger partial charge on any atom is -0.388 e. The molecule has 1 aliphatic carbocycles. The summed E-state index contributed by atoms with van der Waals surface area (Å²) in [4.78, 5) is 2.75. The van der Waals surface area contributed by atoms with Crippen LogP contribution >= 0.6 is 0 Å². The summed E-state index contributed by atoms with van der Waals surface area (Å²) in [7, 11) is 0. The van der Waals surface area contributed by atoms with Gasteiger partial charge < -0.3 is 5.11 Å². The number of fused-ring (bicyclic) bond motifs is 1. The number of benzene rings is 1. The van der Waals surface area contributed by atoms with Crippen LogP contribution in [-0.4, -0.2) is 11.1 Å². The van der Waals surface area contributed by atoms with E-state index in [1.165, 1.54) is 0 Å². The molecule has 1 aliphatic rings. The van der Waals surface area contributed by atoms with E-state index in [4.69, 9.17) is 5.53 Å². The zero-order valence-electron chi connectivity index (χ0n) is 7.67. The fraction of sp³-hybridized carbons (Fsp3) is 0.400. The number of aliphatic hydroxyl groups excluding tert-OH is 1. The quantitative estimate of drug-likeness (QED) is 0.411. The molecule has 14 heavy (non-hydrogen) atoms. The Morgan fingerprint density at radius 1 is 1.43 bits per heavy atom. The molecule has 0 bridgehead atoms. The molecule has 0 radical (unpaired) electrons. The molecule has 4 nitrogen and oxygen atoms in total. The third kappa shape index (κ3) is 1.45. The van der Waals surface area contributed by atoms with Crippen LogP contribution in [0.5, 0.6) is 0 Å². The molecule has 2 rings (SSSR count). The molecule has 1 aromatic carbocycles. The van der Waals surface area contributed by atoms with Crippen molar-refractivity contribution in [2.75, 3.05) is 0 Å². The second-order valence-corrected chi connectivity index (χ2v) is 3.45. The smallest absolute Gasteiger partial charge is 0.0877 e. The van der Waals surface area contributed by atoms with E-state index in [0.717, 1.165) is 24.0 Å². The highest BCUT2D eigenvalue weighted by molar-refractivity contribution is 5.32. The molecule has 0 unspecified atom stereocenters. The zero-order chi connectivity index (χ0) is 9.97. The van der Waals surface area contributed by atoms with Crippen LogP contribution in [0.4, 0.5) is 0 Å². The van der Waals surface area contributed by atoms with Gasteiger partial charge in [-0.3, -0.25) is 0 Å². The van der Waals surface area contributed by atoms with Gasteiger partial charge in [-0.25, -0.2) is 0 Å². The van der Waals surface area contributed by atoms with E-state index in [2.05, 4.69) is 10.0 Å². The van der Waals surface area contributed by atoms with E-state index in [-0.39, 0.29) is 6.04 Å². The van der Waals surface area contributed by atoms with Crippen LogP contribution < -0.4 is 0 Å². The highest BCUT2D eigenvalue weighted by atomic mass is 16.3. The van der Waals surface area contributed by atoms with E-state index >= 15 is 0 Å². The van der Waals surface area contributed by atoms with Gasteiger partial charge in [0.2, 0.25) is 0 Å². The summed E-state index contributed by atoms with van der Waals surface area (Å²) in [6, 6.07) is 7.43. The van der Waals surface area contributed by atoms with E-state index in [0.29, 0.717) is 0 Å². The average Bonchev–Trinajstić information content (AvgIpc) is 2.23. The Labute approximate surface area is 81.8 Å². The normalized spacial score (nSPS) is 24.9. The number of nitrogens with zero attached hydrogens (tertiary/aromatic N) is 3. The Bertz CT molecular complexity index is 385. The van der Waals surface area contributed by atoms with Crippen LogP contribution in [0.25, 0.3) is 10.4 Å². The summed E-state index contributed by atoms with van der Waals surface area (Å²) in [5.41, 5.74) is 10.4. The van der Waals surface area contributed by atoms with Crippen LogP contribution in [0, 0.1) is 0 Å². The van der Waals surface area contributed by atoms with Crippen molar-refractivity contribution in [2.45, 2.75) is 25.0 Å².